The third-order valence-electron chi connectivity index (χ3n) is 3.39. The van der Waals surface area contributed by atoms with Crippen LogP contribution in [0.1, 0.15) is 27.2 Å². The smallest absolute Gasteiger partial charge is 0.405 e. The van der Waals surface area contributed by atoms with Crippen LogP contribution in [0.25, 0.3) is 0 Å². The molecule has 0 aromatic heterocycles. The Morgan fingerprint density at radius 1 is 0.964 bits per heavy atom. The molecule has 0 N–H and O–H groups in total. The van der Waals surface area contributed by atoms with Gasteiger partial charge in [-0.1, -0.05) is 4.48 Å². The fourth-order valence-electron chi connectivity index (χ4n) is 2.30. The minimum atomic E-state index is -3.05. The summed E-state index contributed by atoms with van der Waals surface area (Å²) in [5.41, 5.74) is 0. The van der Waals surface area contributed by atoms with Gasteiger partial charge < -0.3 is 18.0 Å². The Morgan fingerprint density at radius 3 is 2.00 bits per heavy atom. The van der Waals surface area contributed by atoms with Gasteiger partial charge in [0.15, 0.2) is 17.4 Å². The van der Waals surface area contributed by atoms with Crippen LogP contribution < -0.4 is 4.74 Å². The lowest BCUT2D eigenvalue weighted by atomic mass is 10.3. The summed E-state index contributed by atoms with van der Waals surface area (Å²) in [6.07, 6.45) is -1.67. The van der Waals surface area contributed by atoms with E-state index >= 15 is 0 Å². The molecule has 0 spiro atoms. The van der Waals surface area contributed by atoms with Gasteiger partial charge in [0.25, 0.3) is 0 Å². The number of carbonyl (C=O) groups is 1. The Balaban J connectivity index is 2.70. The average Bonchev–Trinajstić information content (AvgIpc) is 2.64. The van der Waals surface area contributed by atoms with Crippen molar-refractivity contribution in [3.8, 4) is 5.75 Å². The molecule has 0 aliphatic heterocycles. The Hall–Kier alpha value is -1.76. The first-order valence-electron chi connectivity index (χ1n) is 8.61. The highest BCUT2D eigenvalue weighted by atomic mass is 28.4. The minimum Gasteiger partial charge on any atom is -0.405 e. The van der Waals surface area contributed by atoms with Crippen LogP contribution in [0.4, 0.5) is 26.8 Å². The second kappa shape index (κ2) is 11.3. The topological polar surface area (TPSA) is 57.2 Å². The first-order valence-corrected chi connectivity index (χ1v) is 10.5. The van der Waals surface area contributed by atoms with Crippen molar-refractivity contribution in [1.29, 1.82) is 0 Å². The van der Waals surface area contributed by atoms with Crippen LogP contribution in [0.3, 0.4) is 0 Å². The van der Waals surface area contributed by atoms with Gasteiger partial charge in [0.1, 0.15) is 0 Å². The van der Waals surface area contributed by atoms with Crippen molar-refractivity contribution >= 4 is 14.9 Å². The van der Waals surface area contributed by atoms with E-state index in [0.29, 0.717) is 19.8 Å². The normalized spacial score (nSPS) is 11.6. The van der Waals surface area contributed by atoms with E-state index in [0.717, 1.165) is 0 Å². The summed E-state index contributed by atoms with van der Waals surface area (Å²) < 4.78 is 87.5. The summed E-state index contributed by atoms with van der Waals surface area (Å²) in [6.45, 7) is 5.67. The van der Waals surface area contributed by atoms with Crippen molar-refractivity contribution in [1.82, 2.24) is 5.12 Å². The first-order chi connectivity index (χ1) is 13.2. The largest absolute Gasteiger partial charge is 0.500 e. The maximum Gasteiger partial charge on any atom is 0.500 e. The fourth-order valence-corrected chi connectivity index (χ4v) is 4.89. The monoisotopic (exact) mass is 431 g/mol. The van der Waals surface area contributed by atoms with Crippen molar-refractivity contribution in [3.63, 3.8) is 0 Å². The predicted octanol–water partition coefficient (Wildman–Crippen LogP) is 4.37. The molecule has 1 aromatic carbocycles. The number of hydrogen-bond acceptors (Lipinski definition) is 5. The highest BCUT2D eigenvalue weighted by Crippen LogP contribution is 2.25. The number of amides is 1. The Morgan fingerprint density at radius 2 is 1.50 bits per heavy atom. The predicted molar refractivity (Wildman–Crippen MR) is 90.2 cm³/mol. The van der Waals surface area contributed by atoms with E-state index in [2.05, 4.69) is 4.74 Å². The number of nitrogens with zero attached hydrogens (tertiary/aromatic N) is 1. The molecule has 0 atom stereocenters. The van der Waals surface area contributed by atoms with Crippen LogP contribution >= 0.6 is 0 Å². The molecule has 1 rings (SSSR count). The molecule has 1 aromatic rings. The molecule has 0 fully saturated rings. The third kappa shape index (κ3) is 6.40. The molecule has 1 amide bonds. The lowest BCUT2D eigenvalue weighted by Crippen LogP contribution is -2.46. The van der Waals surface area contributed by atoms with E-state index in [9.17, 15) is 26.8 Å². The molecule has 160 valence electrons. The van der Waals surface area contributed by atoms with Crippen molar-refractivity contribution in [2.45, 2.75) is 33.2 Å². The molecule has 0 radical (unpaired) electrons. The van der Waals surface area contributed by atoms with Gasteiger partial charge in [-0.15, -0.1) is 5.12 Å². The van der Waals surface area contributed by atoms with Gasteiger partial charge in [-0.3, -0.25) is 0 Å². The van der Waals surface area contributed by atoms with Crippen LogP contribution in [-0.2, 0) is 13.3 Å². The number of benzene rings is 1. The highest BCUT2D eigenvalue weighted by Gasteiger charge is 2.40. The maximum atomic E-state index is 13.9. The summed E-state index contributed by atoms with van der Waals surface area (Å²) in [5.74, 6) is -9.25. The van der Waals surface area contributed by atoms with Crippen molar-refractivity contribution in [2.24, 2.45) is 0 Å². The van der Waals surface area contributed by atoms with Gasteiger partial charge in [-0.05, 0) is 27.2 Å². The number of hydrogen-bond donors (Lipinski definition) is 0. The first kappa shape index (κ1) is 24.3. The van der Waals surface area contributed by atoms with E-state index in [-0.39, 0.29) is 18.5 Å². The molecular formula is C16H22F5NO5Si. The molecule has 0 bridgehead atoms. The summed E-state index contributed by atoms with van der Waals surface area (Å²) in [7, 11) is -3.05. The zero-order valence-electron chi connectivity index (χ0n) is 15.7. The Bertz CT molecular complexity index is 650. The molecule has 28 heavy (non-hydrogen) atoms. The van der Waals surface area contributed by atoms with Crippen LogP contribution in [0.15, 0.2) is 6.07 Å². The molecule has 0 aliphatic carbocycles. The Kier molecular flexibility index (Phi) is 9.79. The SMILES string of the molecule is CCO[Si](CCCN(F)C(=O)Oc1cc(F)c(F)c(F)c1F)(OCC)OCC. The number of halogens is 5. The standard InChI is InChI=1S/C16H22F5NO5Si/c1-4-24-28(25-5-2,26-6-3)9-7-8-22(21)16(23)27-12-10-11(17)13(18)15(20)14(12)19/h10H,4-9H2,1-3H3. The summed E-state index contributed by atoms with van der Waals surface area (Å²) in [5, 5.41) is -0.415. The van der Waals surface area contributed by atoms with Gasteiger partial charge in [0, 0.05) is 31.9 Å². The molecular weight excluding hydrogens is 409 g/mol. The second-order valence-corrected chi connectivity index (χ2v) is 8.07. The lowest BCUT2D eigenvalue weighted by Gasteiger charge is -2.28. The molecule has 6 nitrogen and oxygen atoms in total. The van der Waals surface area contributed by atoms with Gasteiger partial charge >= 0.3 is 14.9 Å². The van der Waals surface area contributed by atoms with Crippen LogP contribution in [0, 0.1) is 23.3 Å². The van der Waals surface area contributed by atoms with E-state index in [1.807, 2.05) is 0 Å². The van der Waals surface area contributed by atoms with Crippen LogP contribution in [-0.4, -0.2) is 46.4 Å². The summed E-state index contributed by atoms with van der Waals surface area (Å²) >= 11 is 0. The molecule has 12 heteroatoms. The van der Waals surface area contributed by atoms with Gasteiger partial charge in [0.05, 0.1) is 6.54 Å². The zero-order chi connectivity index (χ0) is 21.3. The van der Waals surface area contributed by atoms with Crippen molar-refractivity contribution in [3.05, 3.63) is 29.3 Å². The quantitative estimate of drug-likeness (QED) is 0.171. The maximum absolute atomic E-state index is 13.9. The summed E-state index contributed by atoms with van der Waals surface area (Å²) in [4.78, 5) is 11.6. The van der Waals surface area contributed by atoms with Crippen LogP contribution in [0.5, 0.6) is 5.75 Å². The third-order valence-corrected chi connectivity index (χ3v) is 6.55. The molecule has 0 unspecified atom stereocenters. The lowest BCUT2D eigenvalue weighted by molar-refractivity contribution is 0.0321. The second-order valence-electron chi connectivity index (χ2n) is 5.34. The van der Waals surface area contributed by atoms with E-state index in [1.165, 1.54) is 0 Å². The number of carbonyl (C=O) groups excluding carboxylic acids is 1. The minimum absolute atomic E-state index is 0.0481. The van der Waals surface area contributed by atoms with E-state index < -0.39 is 55.6 Å². The van der Waals surface area contributed by atoms with Crippen LogP contribution in [0.2, 0.25) is 6.04 Å². The number of rotatable bonds is 11. The average molecular weight is 431 g/mol. The van der Waals surface area contributed by atoms with E-state index in [4.69, 9.17) is 13.3 Å². The molecule has 0 aliphatic rings. The van der Waals surface area contributed by atoms with E-state index in [1.54, 1.807) is 20.8 Å². The molecule has 0 heterocycles. The summed E-state index contributed by atoms with van der Waals surface area (Å²) in [6, 6.07) is 0.293. The zero-order valence-corrected chi connectivity index (χ0v) is 16.7. The van der Waals surface area contributed by atoms with Gasteiger partial charge in [-0.2, -0.15) is 4.39 Å². The fraction of sp³-hybridized carbons (Fsp3) is 0.562. The van der Waals surface area contributed by atoms with Crippen molar-refractivity contribution in [2.75, 3.05) is 26.4 Å². The van der Waals surface area contributed by atoms with Gasteiger partial charge in [0.2, 0.25) is 11.6 Å². The highest BCUT2D eigenvalue weighted by molar-refractivity contribution is 6.60. The molecule has 0 saturated carbocycles. The van der Waals surface area contributed by atoms with Crippen molar-refractivity contribution < 1.29 is 44.9 Å². The Labute approximate surface area is 160 Å². The number of ether oxygens (including phenoxy) is 1. The van der Waals surface area contributed by atoms with Gasteiger partial charge in [-0.25, -0.2) is 18.0 Å². The molecule has 0 saturated heterocycles.